The maximum atomic E-state index is 4.21. The lowest BCUT2D eigenvalue weighted by atomic mass is 9.76. The summed E-state index contributed by atoms with van der Waals surface area (Å²) in [4.78, 5) is 0. The molecule has 0 spiro atoms. The van der Waals surface area contributed by atoms with Gasteiger partial charge in [0.15, 0.2) is 0 Å². The minimum Gasteiger partial charge on any atom is -0.391 e. The third kappa shape index (κ3) is 30.0. The Labute approximate surface area is 295 Å². The highest BCUT2D eigenvalue weighted by atomic mass is 32.2. The quantitative estimate of drug-likeness (QED) is 0.107. The number of allylic oxidation sites excluding steroid dienone is 8. The van der Waals surface area contributed by atoms with Crippen molar-refractivity contribution in [1.82, 2.24) is 5.32 Å². The van der Waals surface area contributed by atoms with E-state index in [9.17, 15) is 0 Å². The number of thioether (sulfide) groups is 1. The summed E-state index contributed by atoms with van der Waals surface area (Å²) in [5.74, 6) is 3.44. The summed E-state index contributed by atoms with van der Waals surface area (Å²) in [7, 11) is 2.03. The van der Waals surface area contributed by atoms with Gasteiger partial charge in [-0.2, -0.15) is 11.8 Å². The van der Waals surface area contributed by atoms with Gasteiger partial charge in [0.2, 0.25) is 0 Å². The molecule has 2 aliphatic carbocycles. The zero-order valence-electron chi connectivity index (χ0n) is 33.2. The van der Waals surface area contributed by atoms with Gasteiger partial charge in [0.1, 0.15) is 0 Å². The molecule has 2 heteroatoms. The van der Waals surface area contributed by atoms with Gasteiger partial charge in [0.05, 0.1) is 0 Å². The average molecular weight is 656 g/mol. The van der Waals surface area contributed by atoms with Crippen molar-refractivity contribution in [3.63, 3.8) is 0 Å². The Morgan fingerprint density at radius 3 is 2.04 bits per heavy atom. The summed E-state index contributed by atoms with van der Waals surface area (Å²) < 4.78 is 0.348. The topological polar surface area (TPSA) is 12.0 Å². The summed E-state index contributed by atoms with van der Waals surface area (Å²) in [6.07, 6.45) is 27.3. The normalized spacial score (nSPS) is 19.2. The largest absolute Gasteiger partial charge is 0.391 e. The van der Waals surface area contributed by atoms with E-state index in [0.717, 1.165) is 37.0 Å². The van der Waals surface area contributed by atoms with Crippen LogP contribution >= 0.6 is 11.8 Å². The van der Waals surface area contributed by atoms with Gasteiger partial charge in [-0.3, -0.25) is 0 Å². The van der Waals surface area contributed by atoms with Crippen LogP contribution in [0.15, 0.2) is 73.5 Å². The van der Waals surface area contributed by atoms with Gasteiger partial charge >= 0.3 is 0 Å². The van der Waals surface area contributed by atoms with E-state index >= 15 is 0 Å². The van der Waals surface area contributed by atoms with E-state index in [0.29, 0.717) is 15.9 Å². The first-order valence-corrected chi connectivity index (χ1v) is 19.6. The third-order valence-electron chi connectivity index (χ3n) is 8.68. The maximum absolute atomic E-state index is 4.21. The molecule has 0 aromatic heterocycles. The third-order valence-corrected chi connectivity index (χ3v) is 10.0. The van der Waals surface area contributed by atoms with Crippen molar-refractivity contribution in [2.75, 3.05) is 7.05 Å². The van der Waals surface area contributed by atoms with E-state index in [-0.39, 0.29) is 5.41 Å². The highest BCUT2D eigenvalue weighted by Gasteiger charge is 2.22. The van der Waals surface area contributed by atoms with Crippen LogP contribution in [0.3, 0.4) is 0 Å². The van der Waals surface area contributed by atoms with Gasteiger partial charge in [-0.05, 0) is 106 Å². The lowest BCUT2D eigenvalue weighted by molar-refractivity contribution is 0.280. The first-order chi connectivity index (χ1) is 21.4. The van der Waals surface area contributed by atoms with E-state index in [1.54, 1.807) is 0 Å². The van der Waals surface area contributed by atoms with Gasteiger partial charge in [-0.1, -0.05) is 138 Å². The van der Waals surface area contributed by atoms with Crippen LogP contribution in [0.1, 0.15) is 160 Å². The molecule has 0 aromatic rings. The van der Waals surface area contributed by atoms with Crippen LogP contribution in [-0.2, 0) is 0 Å². The number of hydrogen-bond acceptors (Lipinski definition) is 2. The van der Waals surface area contributed by atoms with Crippen LogP contribution in [0, 0.1) is 29.1 Å². The Kier molecular flexibility index (Phi) is 26.9. The van der Waals surface area contributed by atoms with Crippen LogP contribution < -0.4 is 5.32 Å². The molecule has 3 unspecified atom stereocenters. The number of rotatable bonds is 15. The molecule has 3 atom stereocenters. The van der Waals surface area contributed by atoms with E-state index in [1.807, 2.05) is 19.2 Å². The van der Waals surface area contributed by atoms with Crippen molar-refractivity contribution in [3.8, 4) is 0 Å². The van der Waals surface area contributed by atoms with Crippen LogP contribution in [-0.4, -0.2) is 17.0 Å². The van der Waals surface area contributed by atoms with Crippen molar-refractivity contribution in [1.29, 1.82) is 0 Å². The molecule has 0 aromatic carbocycles. The minimum absolute atomic E-state index is 0.253. The zero-order valence-corrected chi connectivity index (χ0v) is 34.0. The molecule has 0 bridgehead atoms. The fourth-order valence-corrected chi connectivity index (χ4v) is 6.44. The lowest BCUT2D eigenvalue weighted by Crippen LogP contribution is -2.17. The van der Waals surface area contributed by atoms with Crippen molar-refractivity contribution < 1.29 is 0 Å². The first kappa shape index (κ1) is 46.7. The molecule has 0 saturated heterocycles. The molecular formula is C44H81NS. The Morgan fingerprint density at radius 1 is 1.00 bits per heavy atom. The van der Waals surface area contributed by atoms with Crippen molar-refractivity contribution in [3.05, 3.63) is 73.5 Å². The van der Waals surface area contributed by atoms with Gasteiger partial charge in [0, 0.05) is 22.7 Å². The molecule has 0 aliphatic heterocycles. The molecule has 0 amide bonds. The van der Waals surface area contributed by atoms with Gasteiger partial charge in [-0.15, -0.1) is 13.2 Å². The SMILES string of the molecule is C=C(CCCC/C=C\C=C(\CCC(C)SC(C)(C)C)NC)C(C)(C)C.C=C1CCC(C)C(CCC)C1.C=CC(C)C.C=CC1CC1. The predicted octanol–water partition coefficient (Wildman–Crippen LogP) is 14.7. The number of unbranched alkanes of at least 4 members (excludes halogenated alkanes) is 2. The molecule has 0 radical (unpaired) electrons. The average Bonchev–Trinajstić information content (AvgIpc) is 3.81. The van der Waals surface area contributed by atoms with E-state index in [1.165, 1.54) is 81.1 Å². The fourth-order valence-electron chi connectivity index (χ4n) is 5.00. The van der Waals surface area contributed by atoms with Gasteiger partial charge in [-0.25, -0.2) is 0 Å². The molecule has 2 fully saturated rings. The van der Waals surface area contributed by atoms with Crippen molar-refractivity contribution in [2.45, 2.75) is 170 Å². The number of hydrogen-bond donors (Lipinski definition) is 1. The highest BCUT2D eigenvalue weighted by Crippen LogP contribution is 2.35. The molecule has 2 rings (SSSR count). The first-order valence-electron chi connectivity index (χ1n) is 18.7. The summed E-state index contributed by atoms with van der Waals surface area (Å²) in [5, 5.41) is 4.03. The molecule has 2 saturated carbocycles. The molecule has 1 N–H and O–H groups in total. The van der Waals surface area contributed by atoms with Gasteiger partial charge < -0.3 is 5.32 Å². The molecule has 0 heterocycles. The molecule has 1 nitrogen and oxygen atoms in total. The molecule has 2 aliphatic rings. The summed E-state index contributed by atoms with van der Waals surface area (Å²) in [6.45, 7) is 40.3. The van der Waals surface area contributed by atoms with Crippen molar-refractivity contribution in [2.24, 2.45) is 29.1 Å². The van der Waals surface area contributed by atoms with E-state index < -0.39 is 0 Å². The molecule has 268 valence electrons. The minimum atomic E-state index is 0.253. The monoisotopic (exact) mass is 656 g/mol. The highest BCUT2D eigenvalue weighted by molar-refractivity contribution is 8.01. The second-order valence-electron chi connectivity index (χ2n) is 16.1. The Morgan fingerprint density at radius 2 is 1.61 bits per heavy atom. The van der Waals surface area contributed by atoms with E-state index in [4.69, 9.17) is 0 Å². The summed E-state index contributed by atoms with van der Waals surface area (Å²) in [5.41, 5.74) is 4.44. The maximum Gasteiger partial charge on any atom is 0.0104 e. The van der Waals surface area contributed by atoms with Crippen LogP contribution in [0.25, 0.3) is 0 Å². The van der Waals surface area contributed by atoms with Crippen LogP contribution in [0.2, 0.25) is 0 Å². The van der Waals surface area contributed by atoms with Gasteiger partial charge in [0.25, 0.3) is 0 Å². The molecular weight excluding hydrogens is 575 g/mol. The zero-order chi connectivity index (χ0) is 35.8. The predicted molar refractivity (Wildman–Crippen MR) is 218 cm³/mol. The second kappa shape index (κ2) is 26.5. The van der Waals surface area contributed by atoms with Crippen molar-refractivity contribution >= 4 is 11.8 Å². The van der Waals surface area contributed by atoms with Crippen LogP contribution in [0.5, 0.6) is 0 Å². The fraction of sp³-hybridized carbons (Fsp3) is 0.727. The van der Waals surface area contributed by atoms with E-state index in [2.05, 4.69) is 138 Å². The van der Waals surface area contributed by atoms with Crippen LogP contribution in [0.4, 0.5) is 0 Å². The summed E-state index contributed by atoms with van der Waals surface area (Å²) >= 11 is 2.07. The summed E-state index contributed by atoms with van der Waals surface area (Å²) in [6, 6.07) is 0. The Bertz CT molecular complexity index is 865. The Hall–Kier alpha value is -1.41. The molecule has 46 heavy (non-hydrogen) atoms. The number of nitrogens with one attached hydrogen (secondary N) is 1. The Balaban J connectivity index is 0. The smallest absolute Gasteiger partial charge is 0.0104 e. The lowest BCUT2D eigenvalue weighted by Gasteiger charge is -2.29. The standard InChI is InChI=1S/C23H43NS.C11H20.C5H8.C5H10/c1-19(22(3,4)5)15-13-11-10-12-14-16-21(24-9)18-17-20(2)25-23(6,7)8;1-4-5-11-8-9(2)6-7-10(11)3;1-2-5-3-4-5;1-4-5(2)3/h12,14,16,20,24H,1,10-11,13,15,17-18H2,2-9H3;10-11H,2,4-8H2,1,3H3;2,5H,1,3-4H2;4-5H,1H2,2-3H3/b14-12-,21-16-;;;. The second-order valence-corrected chi connectivity index (χ2v) is 18.4.